The second-order valence-electron chi connectivity index (χ2n) is 6.23. The van der Waals surface area contributed by atoms with E-state index in [0.29, 0.717) is 34.9 Å². The van der Waals surface area contributed by atoms with Crippen molar-refractivity contribution in [1.82, 2.24) is 15.3 Å². The summed E-state index contributed by atoms with van der Waals surface area (Å²) in [4.78, 5) is 9.62. The van der Waals surface area contributed by atoms with E-state index in [4.69, 9.17) is 23.2 Å². The molecule has 0 aliphatic carbocycles. The molecule has 10 heteroatoms. The van der Waals surface area contributed by atoms with Crippen molar-refractivity contribution in [3.05, 3.63) is 40.0 Å². The van der Waals surface area contributed by atoms with E-state index >= 15 is 0 Å². The first-order valence-corrected chi connectivity index (χ1v) is 9.12. The van der Waals surface area contributed by atoms with Crippen LogP contribution in [0.2, 0.25) is 10.0 Å². The fourth-order valence-corrected chi connectivity index (χ4v) is 3.26. The summed E-state index contributed by atoms with van der Waals surface area (Å²) in [5.41, 5.74) is -0.311. The topological polar surface area (TPSA) is 53.1 Å². The van der Waals surface area contributed by atoms with E-state index < -0.39 is 11.7 Å². The number of aromatic nitrogens is 2. The van der Waals surface area contributed by atoms with Crippen LogP contribution in [0.1, 0.15) is 18.4 Å². The van der Waals surface area contributed by atoms with Crippen LogP contribution in [0.25, 0.3) is 0 Å². The number of anilines is 3. The van der Waals surface area contributed by atoms with E-state index in [2.05, 4.69) is 20.6 Å². The van der Waals surface area contributed by atoms with E-state index in [1.54, 1.807) is 23.1 Å². The van der Waals surface area contributed by atoms with Crippen LogP contribution in [0.15, 0.2) is 24.4 Å². The van der Waals surface area contributed by atoms with E-state index in [1.165, 1.54) is 0 Å². The van der Waals surface area contributed by atoms with Gasteiger partial charge in [0.15, 0.2) is 0 Å². The molecule has 0 radical (unpaired) electrons. The quantitative estimate of drug-likeness (QED) is 0.749. The lowest BCUT2D eigenvalue weighted by Crippen LogP contribution is -2.42. The predicted molar refractivity (Wildman–Crippen MR) is 101 cm³/mol. The van der Waals surface area contributed by atoms with E-state index in [1.807, 2.05) is 7.05 Å². The summed E-state index contributed by atoms with van der Waals surface area (Å²) in [6.45, 7) is 0.968. The molecule has 2 N–H and O–H groups in total. The lowest BCUT2D eigenvalue weighted by Gasteiger charge is -2.33. The van der Waals surface area contributed by atoms with Gasteiger partial charge in [0.2, 0.25) is 5.95 Å². The zero-order valence-electron chi connectivity index (χ0n) is 14.4. The molecular formula is C17H18Cl2F3N5. The van der Waals surface area contributed by atoms with E-state index in [0.717, 1.165) is 19.0 Å². The maximum absolute atomic E-state index is 13.4. The van der Waals surface area contributed by atoms with E-state index in [-0.39, 0.29) is 11.8 Å². The lowest BCUT2D eigenvalue weighted by molar-refractivity contribution is -0.137. The molecule has 0 saturated carbocycles. The molecule has 2 heterocycles. The molecule has 1 aromatic heterocycles. The fraction of sp³-hybridized carbons (Fsp3) is 0.412. The summed E-state index contributed by atoms with van der Waals surface area (Å²) < 4.78 is 40.3. The Balaban J connectivity index is 1.89. The highest BCUT2D eigenvalue weighted by molar-refractivity contribution is 6.42. The van der Waals surface area contributed by atoms with Gasteiger partial charge in [-0.25, -0.2) is 4.98 Å². The van der Waals surface area contributed by atoms with Crippen LogP contribution >= 0.6 is 23.2 Å². The predicted octanol–water partition coefficient (Wildman–Crippen LogP) is 4.73. The van der Waals surface area contributed by atoms with Gasteiger partial charge in [0.25, 0.3) is 0 Å². The second kappa shape index (κ2) is 8.08. The van der Waals surface area contributed by atoms with Gasteiger partial charge in [-0.1, -0.05) is 23.2 Å². The Labute approximate surface area is 164 Å². The van der Waals surface area contributed by atoms with Crippen molar-refractivity contribution < 1.29 is 13.2 Å². The molecule has 0 bridgehead atoms. The lowest BCUT2D eigenvalue weighted by atomic mass is 10.0. The first-order chi connectivity index (χ1) is 12.8. The number of hydrogen-bond acceptors (Lipinski definition) is 5. The molecule has 3 rings (SSSR count). The minimum absolute atomic E-state index is 0.0622. The molecule has 146 valence electrons. The molecule has 5 nitrogen and oxygen atoms in total. The third-order valence-electron chi connectivity index (χ3n) is 4.45. The summed E-state index contributed by atoms with van der Waals surface area (Å²) in [7, 11) is 1.85. The maximum Gasteiger partial charge on any atom is 0.421 e. The van der Waals surface area contributed by atoms with Gasteiger partial charge in [-0.3, -0.25) is 0 Å². The highest BCUT2D eigenvalue weighted by Gasteiger charge is 2.37. The molecule has 2 aromatic rings. The number of nitrogens with one attached hydrogen (secondary N) is 2. The van der Waals surface area contributed by atoms with Crippen molar-refractivity contribution in [1.29, 1.82) is 0 Å². The van der Waals surface area contributed by atoms with Gasteiger partial charge in [-0.2, -0.15) is 18.2 Å². The summed E-state index contributed by atoms with van der Waals surface area (Å²) in [5.74, 6) is -0.0539. The van der Waals surface area contributed by atoms with Crippen LogP contribution in [0, 0.1) is 0 Å². The second-order valence-corrected chi connectivity index (χ2v) is 7.05. The average molecular weight is 420 g/mol. The number of alkyl halides is 3. The van der Waals surface area contributed by atoms with Crippen LogP contribution < -0.4 is 15.5 Å². The van der Waals surface area contributed by atoms with Crippen LogP contribution in [-0.2, 0) is 6.18 Å². The molecule has 0 spiro atoms. The van der Waals surface area contributed by atoms with Gasteiger partial charge < -0.3 is 15.5 Å². The van der Waals surface area contributed by atoms with Crippen molar-refractivity contribution in [2.45, 2.75) is 25.1 Å². The minimum Gasteiger partial charge on any atom is -0.356 e. The Hall–Kier alpha value is -1.77. The van der Waals surface area contributed by atoms with Gasteiger partial charge in [-0.05, 0) is 38.1 Å². The molecule has 1 aromatic carbocycles. The fourth-order valence-electron chi connectivity index (χ4n) is 2.96. The van der Waals surface area contributed by atoms with Crippen molar-refractivity contribution in [3.8, 4) is 0 Å². The van der Waals surface area contributed by atoms with Gasteiger partial charge in [0, 0.05) is 31.0 Å². The average Bonchev–Trinajstić information content (AvgIpc) is 2.64. The zero-order chi connectivity index (χ0) is 19.6. The summed E-state index contributed by atoms with van der Waals surface area (Å²) >= 11 is 11.8. The Morgan fingerprint density at radius 2 is 1.85 bits per heavy atom. The molecule has 0 atom stereocenters. The molecule has 1 aliphatic rings. The first kappa shape index (κ1) is 20.0. The van der Waals surface area contributed by atoms with Gasteiger partial charge in [-0.15, -0.1) is 0 Å². The molecule has 1 aliphatic heterocycles. The van der Waals surface area contributed by atoms with Crippen molar-refractivity contribution >= 4 is 40.7 Å². The Kier molecular flexibility index (Phi) is 5.98. The summed E-state index contributed by atoms with van der Waals surface area (Å²) in [6.07, 6.45) is -2.23. The number of nitrogens with zero attached hydrogens (tertiary/aromatic N) is 3. The highest BCUT2D eigenvalue weighted by Crippen LogP contribution is 2.37. The minimum atomic E-state index is -4.53. The molecule has 27 heavy (non-hydrogen) atoms. The number of rotatable bonds is 4. The molecule has 1 fully saturated rings. The number of benzene rings is 1. The van der Waals surface area contributed by atoms with Crippen molar-refractivity contribution in [3.63, 3.8) is 0 Å². The normalized spacial score (nSPS) is 15.9. The number of halogens is 5. The van der Waals surface area contributed by atoms with Gasteiger partial charge in [0.05, 0.1) is 10.0 Å². The van der Waals surface area contributed by atoms with Gasteiger partial charge in [0.1, 0.15) is 11.4 Å². The smallest absolute Gasteiger partial charge is 0.356 e. The standard InChI is InChI=1S/C17H18Cl2F3N5/c1-23-10-4-6-27(7-5-10)15-12(17(20,21)22)9-24-16(26-15)25-11-2-3-13(18)14(19)8-11/h2-3,8-10,23H,4-7H2,1H3,(H,24,25,26). The maximum atomic E-state index is 13.4. The van der Waals surface area contributed by atoms with Crippen molar-refractivity contribution in [2.24, 2.45) is 0 Å². The van der Waals surface area contributed by atoms with Gasteiger partial charge >= 0.3 is 6.18 Å². The highest BCUT2D eigenvalue weighted by atomic mass is 35.5. The Bertz CT molecular complexity index is 808. The van der Waals surface area contributed by atoms with Crippen LogP contribution in [0.5, 0.6) is 0 Å². The third kappa shape index (κ3) is 4.75. The van der Waals surface area contributed by atoms with E-state index in [9.17, 15) is 13.2 Å². The van der Waals surface area contributed by atoms with Crippen LogP contribution in [0.4, 0.5) is 30.6 Å². The number of piperidine rings is 1. The first-order valence-electron chi connectivity index (χ1n) is 8.36. The molecular weight excluding hydrogens is 402 g/mol. The molecule has 0 unspecified atom stereocenters. The molecule has 0 amide bonds. The Morgan fingerprint density at radius 3 is 2.44 bits per heavy atom. The summed E-state index contributed by atoms with van der Waals surface area (Å²) in [6, 6.07) is 5.09. The largest absolute Gasteiger partial charge is 0.421 e. The van der Waals surface area contributed by atoms with Crippen LogP contribution in [0.3, 0.4) is 0 Å². The summed E-state index contributed by atoms with van der Waals surface area (Å²) in [5, 5.41) is 6.74. The SMILES string of the molecule is CNC1CCN(c2nc(Nc3ccc(Cl)c(Cl)c3)ncc2C(F)(F)F)CC1. The monoisotopic (exact) mass is 419 g/mol. The Morgan fingerprint density at radius 1 is 1.15 bits per heavy atom. The third-order valence-corrected chi connectivity index (χ3v) is 5.19. The molecule has 1 saturated heterocycles. The number of hydrogen-bond donors (Lipinski definition) is 2. The van der Waals surface area contributed by atoms with Crippen molar-refractivity contribution in [2.75, 3.05) is 30.4 Å². The zero-order valence-corrected chi connectivity index (χ0v) is 16.0. The van der Waals surface area contributed by atoms with Crippen LogP contribution in [-0.4, -0.2) is 36.1 Å².